The van der Waals surface area contributed by atoms with Crippen molar-refractivity contribution in [1.82, 2.24) is 19.6 Å². The quantitative estimate of drug-likeness (QED) is 0.567. The van der Waals surface area contributed by atoms with Gasteiger partial charge in [-0.2, -0.15) is 5.10 Å². The van der Waals surface area contributed by atoms with E-state index in [0.29, 0.717) is 47.1 Å². The monoisotopic (exact) mass is 466 g/mol. The SMILES string of the molecule is C=C(C)CN(CCN(C(C)C)C(C)C)CC(=O)N1c2ccccc2NC(=O)c2c1c(C)nn2C. The second kappa shape index (κ2) is 10.5. The Morgan fingerprint density at radius 1 is 1.12 bits per heavy atom. The molecule has 34 heavy (non-hydrogen) atoms. The minimum Gasteiger partial charge on any atom is -0.319 e. The van der Waals surface area contributed by atoms with Gasteiger partial charge in [0, 0.05) is 38.8 Å². The fourth-order valence-corrected chi connectivity index (χ4v) is 4.73. The standard InChI is InChI=1S/C26H38N6O2/c1-17(2)15-30(13-14-31(18(3)4)19(5)6)16-23(33)32-22-12-10-9-11-21(22)27-26(34)25-24(32)20(7)28-29(25)8/h9-12,18-19H,1,13-16H2,2-8H3,(H,27,34). The molecule has 0 bridgehead atoms. The van der Waals surface area contributed by atoms with E-state index in [0.717, 1.165) is 18.7 Å². The summed E-state index contributed by atoms with van der Waals surface area (Å²) in [5.41, 5.74) is 3.80. The molecule has 8 nitrogen and oxygen atoms in total. The lowest BCUT2D eigenvalue weighted by molar-refractivity contribution is -0.119. The number of aromatic nitrogens is 2. The zero-order chi connectivity index (χ0) is 25.2. The molecule has 1 aliphatic rings. The molecule has 1 aromatic heterocycles. The van der Waals surface area contributed by atoms with Crippen molar-refractivity contribution >= 4 is 28.9 Å². The van der Waals surface area contributed by atoms with Gasteiger partial charge in [-0.3, -0.25) is 29.0 Å². The molecule has 1 N–H and O–H groups in total. The molecule has 1 aromatic carbocycles. The van der Waals surface area contributed by atoms with Gasteiger partial charge in [0.15, 0.2) is 5.69 Å². The smallest absolute Gasteiger partial charge is 0.276 e. The van der Waals surface area contributed by atoms with Crippen molar-refractivity contribution in [3.05, 3.63) is 47.8 Å². The highest BCUT2D eigenvalue weighted by molar-refractivity contribution is 6.17. The predicted octanol–water partition coefficient (Wildman–Crippen LogP) is 3.96. The third-order valence-corrected chi connectivity index (χ3v) is 6.13. The van der Waals surface area contributed by atoms with Crippen molar-refractivity contribution in [2.45, 2.75) is 53.6 Å². The minimum atomic E-state index is -0.274. The van der Waals surface area contributed by atoms with Crippen LogP contribution in [0.3, 0.4) is 0 Å². The van der Waals surface area contributed by atoms with E-state index in [2.05, 4.69) is 54.5 Å². The lowest BCUT2D eigenvalue weighted by atomic mass is 10.2. The Morgan fingerprint density at radius 2 is 1.76 bits per heavy atom. The number of nitrogens with zero attached hydrogens (tertiary/aromatic N) is 5. The Balaban J connectivity index is 1.96. The number of hydrogen-bond acceptors (Lipinski definition) is 5. The molecule has 3 rings (SSSR count). The Morgan fingerprint density at radius 3 is 2.38 bits per heavy atom. The van der Waals surface area contributed by atoms with Gasteiger partial charge in [0.25, 0.3) is 5.91 Å². The van der Waals surface area contributed by atoms with E-state index in [-0.39, 0.29) is 18.4 Å². The van der Waals surface area contributed by atoms with Gasteiger partial charge >= 0.3 is 0 Å². The van der Waals surface area contributed by atoms with E-state index in [4.69, 9.17) is 0 Å². The first-order chi connectivity index (χ1) is 16.0. The zero-order valence-corrected chi connectivity index (χ0v) is 21.6. The number of anilines is 3. The summed E-state index contributed by atoms with van der Waals surface area (Å²) in [6, 6.07) is 8.23. The van der Waals surface area contributed by atoms with Gasteiger partial charge in [-0.15, -0.1) is 0 Å². The summed E-state index contributed by atoms with van der Waals surface area (Å²) in [6.45, 7) is 19.1. The van der Waals surface area contributed by atoms with Crippen molar-refractivity contribution in [3.63, 3.8) is 0 Å². The van der Waals surface area contributed by atoms with Crippen LogP contribution in [0.1, 0.15) is 50.8 Å². The summed E-state index contributed by atoms with van der Waals surface area (Å²) >= 11 is 0. The molecule has 0 saturated carbocycles. The minimum absolute atomic E-state index is 0.108. The molecule has 0 unspecified atom stereocenters. The average molecular weight is 467 g/mol. The summed E-state index contributed by atoms with van der Waals surface area (Å²) in [6.07, 6.45) is 0. The van der Waals surface area contributed by atoms with E-state index in [1.54, 1.807) is 16.6 Å². The molecule has 0 atom stereocenters. The largest absolute Gasteiger partial charge is 0.319 e. The summed E-state index contributed by atoms with van der Waals surface area (Å²) in [5, 5.41) is 7.38. The van der Waals surface area contributed by atoms with Gasteiger partial charge in [0.1, 0.15) is 5.69 Å². The topological polar surface area (TPSA) is 73.7 Å². The Labute approximate surface area is 203 Å². The number of aryl methyl sites for hydroxylation is 2. The molecule has 2 aromatic rings. The fraction of sp³-hybridized carbons (Fsp3) is 0.500. The molecule has 0 aliphatic carbocycles. The van der Waals surface area contributed by atoms with Gasteiger partial charge in [-0.05, 0) is 53.7 Å². The van der Waals surface area contributed by atoms with E-state index in [9.17, 15) is 9.59 Å². The average Bonchev–Trinajstić information content (AvgIpc) is 2.94. The molecule has 1 aliphatic heterocycles. The number of amides is 2. The van der Waals surface area contributed by atoms with E-state index < -0.39 is 0 Å². The van der Waals surface area contributed by atoms with Gasteiger partial charge in [-0.25, -0.2) is 0 Å². The van der Waals surface area contributed by atoms with Crippen LogP contribution in [0, 0.1) is 6.92 Å². The second-order valence-corrected chi connectivity index (χ2v) is 9.70. The molecule has 8 heteroatoms. The molecule has 0 spiro atoms. The number of nitrogens with one attached hydrogen (secondary N) is 1. The van der Waals surface area contributed by atoms with Gasteiger partial charge < -0.3 is 5.32 Å². The second-order valence-electron chi connectivity index (χ2n) is 9.70. The van der Waals surface area contributed by atoms with Crippen LogP contribution in [0.2, 0.25) is 0 Å². The maximum Gasteiger partial charge on any atom is 0.276 e. The molecule has 184 valence electrons. The van der Waals surface area contributed by atoms with E-state index in [1.165, 1.54) is 0 Å². The molecule has 0 radical (unpaired) electrons. The van der Waals surface area contributed by atoms with Crippen LogP contribution in [-0.2, 0) is 11.8 Å². The highest BCUT2D eigenvalue weighted by atomic mass is 16.2. The summed E-state index contributed by atoms with van der Waals surface area (Å²) in [7, 11) is 1.73. The zero-order valence-electron chi connectivity index (χ0n) is 21.6. The molecular weight excluding hydrogens is 428 g/mol. The van der Waals surface area contributed by atoms with E-state index in [1.807, 2.05) is 38.1 Å². The highest BCUT2D eigenvalue weighted by Crippen LogP contribution is 2.39. The maximum absolute atomic E-state index is 13.9. The molecule has 2 heterocycles. The number of fused-ring (bicyclic) bond motifs is 2. The van der Waals surface area contributed by atoms with Gasteiger partial charge in [0.05, 0.1) is 23.6 Å². The first-order valence-electron chi connectivity index (χ1n) is 11.9. The normalized spacial score (nSPS) is 13.4. The van der Waals surface area contributed by atoms with Crippen LogP contribution in [0.15, 0.2) is 36.4 Å². The Kier molecular flexibility index (Phi) is 7.94. The molecule has 0 fully saturated rings. The first-order valence-corrected chi connectivity index (χ1v) is 11.9. The number of hydrogen-bond donors (Lipinski definition) is 1. The molecular formula is C26H38N6O2. The van der Waals surface area contributed by atoms with Gasteiger partial charge in [-0.1, -0.05) is 24.3 Å². The summed E-state index contributed by atoms with van der Waals surface area (Å²) < 4.78 is 1.54. The number of carbonyl (C=O) groups excluding carboxylic acids is 2. The highest BCUT2D eigenvalue weighted by Gasteiger charge is 2.34. The van der Waals surface area contributed by atoms with Crippen LogP contribution in [0.25, 0.3) is 0 Å². The molecule has 0 saturated heterocycles. The summed E-state index contributed by atoms with van der Waals surface area (Å²) in [4.78, 5) is 33.1. The van der Waals surface area contributed by atoms with Crippen LogP contribution in [-0.4, -0.2) is 69.7 Å². The number of carbonyl (C=O) groups is 2. The number of benzene rings is 1. The summed E-state index contributed by atoms with van der Waals surface area (Å²) in [5.74, 6) is -0.382. The van der Waals surface area contributed by atoms with Crippen molar-refractivity contribution in [2.24, 2.45) is 7.05 Å². The van der Waals surface area contributed by atoms with E-state index >= 15 is 0 Å². The number of para-hydroxylation sites is 2. The van der Waals surface area contributed by atoms with Crippen molar-refractivity contribution in [1.29, 1.82) is 0 Å². The third-order valence-electron chi connectivity index (χ3n) is 6.13. The lowest BCUT2D eigenvalue weighted by Gasteiger charge is -2.34. The Hall–Kier alpha value is -2.97. The van der Waals surface area contributed by atoms with Crippen LogP contribution < -0.4 is 10.2 Å². The van der Waals surface area contributed by atoms with Crippen molar-refractivity contribution in [3.8, 4) is 0 Å². The first kappa shape index (κ1) is 25.6. The van der Waals surface area contributed by atoms with Crippen LogP contribution in [0.4, 0.5) is 17.1 Å². The van der Waals surface area contributed by atoms with Crippen molar-refractivity contribution in [2.75, 3.05) is 36.4 Å². The lowest BCUT2D eigenvalue weighted by Crippen LogP contribution is -2.45. The maximum atomic E-state index is 13.9. The third kappa shape index (κ3) is 5.39. The van der Waals surface area contributed by atoms with Gasteiger partial charge in [0.2, 0.25) is 5.91 Å². The Bertz CT molecular complexity index is 1060. The predicted molar refractivity (Wildman–Crippen MR) is 138 cm³/mol. The number of rotatable bonds is 9. The van der Waals surface area contributed by atoms with Crippen LogP contribution in [0.5, 0.6) is 0 Å². The fourth-order valence-electron chi connectivity index (χ4n) is 4.73. The molecule has 2 amide bonds. The van der Waals surface area contributed by atoms with Crippen molar-refractivity contribution < 1.29 is 9.59 Å². The van der Waals surface area contributed by atoms with Crippen LogP contribution >= 0.6 is 0 Å².